The number of anilines is 1. The van der Waals surface area contributed by atoms with E-state index in [1.54, 1.807) is 24.6 Å². The highest BCUT2D eigenvalue weighted by Gasteiger charge is 2.46. The van der Waals surface area contributed by atoms with Crippen LogP contribution in [0.15, 0.2) is 24.3 Å². The fourth-order valence-corrected chi connectivity index (χ4v) is 2.97. The van der Waals surface area contributed by atoms with Crippen LogP contribution >= 0.6 is 0 Å². The van der Waals surface area contributed by atoms with E-state index in [1.165, 1.54) is 23.1 Å². The summed E-state index contributed by atoms with van der Waals surface area (Å²) in [4.78, 5) is 13.7. The van der Waals surface area contributed by atoms with Crippen molar-refractivity contribution in [2.24, 2.45) is 5.41 Å². The van der Waals surface area contributed by atoms with Gasteiger partial charge in [0.2, 0.25) is 5.91 Å². The summed E-state index contributed by atoms with van der Waals surface area (Å²) < 4.78 is 61.6. The quantitative estimate of drug-likeness (QED) is 0.908. The number of hydrogen-bond acceptors (Lipinski definition) is 3. The van der Waals surface area contributed by atoms with Gasteiger partial charge in [0.1, 0.15) is 0 Å². The molecule has 9 heteroatoms. The van der Waals surface area contributed by atoms with Gasteiger partial charge in [0.25, 0.3) is 0 Å². The molecular weight excluding hydrogens is 333 g/mol. The number of halogens is 3. The van der Waals surface area contributed by atoms with Crippen molar-refractivity contribution in [1.29, 1.82) is 0 Å². The number of alkyl halides is 3. The lowest BCUT2D eigenvalue weighted by Gasteiger charge is -2.21. The van der Waals surface area contributed by atoms with Crippen molar-refractivity contribution in [3.63, 3.8) is 0 Å². The molecule has 1 saturated heterocycles. The summed E-state index contributed by atoms with van der Waals surface area (Å²) in [5, 5.41) is 0. The highest BCUT2D eigenvalue weighted by molar-refractivity contribution is 7.93. The summed E-state index contributed by atoms with van der Waals surface area (Å²) in [6.07, 6.45) is 0.641. The van der Waals surface area contributed by atoms with E-state index < -0.39 is 20.9 Å². The first-order valence-corrected chi connectivity index (χ1v) is 8.39. The minimum atomic E-state index is -5.50. The highest BCUT2D eigenvalue weighted by Crippen LogP contribution is 2.33. The van der Waals surface area contributed by atoms with Crippen LogP contribution in [0.2, 0.25) is 0 Å². The van der Waals surface area contributed by atoms with Crippen LogP contribution in [0, 0.1) is 5.41 Å². The molecule has 0 aliphatic carbocycles. The van der Waals surface area contributed by atoms with E-state index in [-0.39, 0.29) is 18.1 Å². The van der Waals surface area contributed by atoms with Gasteiger partial charge in [-0.3, -0.25) is 9.52 Å². The number of hydrogen-bond donors (Lipinski definition) is 1. The number of likely N-dealkylation sites (tertiary alicyclic amines) is 1. The molecule has 1 aromatic rings. The molecule has 1 aromatic carbocycles. The van der Waals surface area contributed by atoms with Gasteiger partial charge in [0, 0.05) is 18.5 Å². The van der Waals surface area contributed by atoms with Crippen molar-refractivity contribution in [2.45, 2.75) is 32.3 Å². The van der Waals surface area contributed by atoms with Crippen molar-refractivity contribution < 1.29 is 26.4 Å². The number of nitrogens with zero attached hydrogens (tertiary/aromatic N) is 1. The second-order valence-electron chi connectivity index (χ2n) is 6.07. The predicted molar refractivity (Wildman–Crippen MR) is 78.9 cm³/mol. The molecule has 1 aliphatic heterocycles. The molecule has 2 rings (SSSR count). The first-order valence-electron chi connectivity index (χ1n) is 6.90. The number of sulfonamides is 1. The van der Waals surface area contributed by atoms with E-state index in [1.807, 2.05) is 0 Å². The summed E-state index contributed by atoms with van der Waals surface area (Å²) in [5.74, 6) is -0.106. The molecular formula is C14H17F3N2O3S. The third-order valence-corrected chi connectivity index (χ3v) is 4.90. The van der Waals surface area contributed by atoms with Crippen LogP contribution in [-0.4, -0.2) is 31.3 Å². The van der Waals surface area contributed by atoms with Crippen molar-refractivity contribution in [3.05, 3.63) is 29.8 Å². The van der Waals surface area contributed by atoms with Crippen LogP contribution in [-0.2, 0) is 21.4 Å². The molecule has 128 valence electrons. The monoisotopic (exact) mass is 350 g/mol. The SMILES string of the molecule is CC1(C)CCN(Cc2ccccc2NS(=O)(=O)C(F)(F)F)C1=O. The van der Waals surface area contributed by atoms with Crippen LogP contribution in [0.25, 0.3) is 0 Å². The molecule has 0 radical (unpaired) electrons. The fraction of sp³-hybridized carbons (Fsp3) is 0.500. The summed E-state index contributed by atoms with van der Waals surface area (Å²) in [6, 6.07) is 5.73. The van der Waals surface area contributed by atoms with Crippen LogP contribution in [0.3, 0.4) is 0 Å². The van der Waals surface area contributed by atoms with Crippen LogP contribution < -0.4 is 4.72 Å². The second-order valence-corrected chi connectivity index (χ2v) is 7.74. The molecule has 0 spiro atoms. The van der Waals surface area contributed by atoms with Gasteiger partial charge in [-0.1, -0.05) is 32.0 Å². The van der Waals surface area contributed by atoms with E-state index in [9.17, 15) is 26.4 Å². The highest BCUT2D eigenvalue weighted by atomic mass is 32.2. The van der Waals surface area contributed by atoms with Crippen molar-refractivity contribution in [3.8, 4) is 0 Å². The molecule has 0 unspecified atom stereocenters. The Hall–Kier alpha value is -1.77. The van der Waals surface area contributed by atoms with Crippen molar-refractivity contribution in [1.82, 2.24) is 4.90 Å². The molecule has 23 heavy (non-hydrogen) atoms. The smallest absolute Gasteiger partial charge is 0.338 e. The van der Waals surface area contributed by atoms with Crippen LogP contribution in [0.4, 0.5) is 18.9 Å². The van der Waals surface area contributed by atoms with Gasteiger partial charge in [0.15, 0.2) is 0 Å². The summed E-state index contributed by atoms with van der Waals surface area (Å²) in [5.41, 5.74) is -5.78. The standard InChI is InChI=1S/C14H17F3N2O3S/c1-13(2)7-8-19(12(13)20)9-10-5-3-4-6-11(10)18-23(21,22)14(15,16)17/h3-6,18H,7-9H2,1-2H3. The van der Waals surface area contributed by atoms with Gasteiger partial charge in [-0.05, 0) is 18.1 Å². The molecule has 1 aliphatic rings. The van der Waals surface area contributed by atoms with E-state index in [0.717, 1.165) is 0 Å². The van der Waals surface area contributed by atoms with Gasteiger partial charge < -0.3 is 4.90 Å². The average Bonchev–Trinajstić information content (AvgIpc) is 2.66. The molecule has 0 atom stereocenters. The molecule has 1 heterocycles. The first-order chi connectivity index (χ1) is 10.4. The Morgan fingerprint density at radius 1 is 1.26 bits per heavy atom. The second kappa shape index (κ2) is 5.70. The molecule has 1 fully saturated rings. The number of carbonyl (C=O) groups excluding carboxylic acids is 1. The van der Waals surface area contributed by atoms with Gasteiger partial charge in [-0.2, -0.15) is 21.6 Å². The molecule has 0 bridgehead atoms. The molecule has 0 saturated carbocycles. The zero-order valence-corrected chi connectivity index (χ0v) is 13.5. The van der Waals surface area contributed by atoms with E-state index in [4.69, 9.17) is 0 Å². The number of nitrogens with one attached hydrogen (secondary N) is 1. The predicted octanol–water partition coefficient (Wildman–Crippen LogP) is 2.71. The largest absolute Gasteiger partial charge is 0.516 e. The molecule has 1 N–H and O–H groups in total. The third-order valence-electron chi connectivity index (χ3n) is 3.80. The maximum absolute atomic E-state index is 12.5. The maximum atomic E-state index is 12.5. The summed E-state index contributed by atoms with van der Waals surface area (Å²) in [6.45, 7) is 4.13. The Balaban J connectivity index is 2.24. The Labute approximate surface area is 132 Å². The zero-order valence-electron chi connectivity index (χ0n) is 12.6. The number of benzene rings is 1. The normalized spacial score (nSPS) is 18.3. The van der Waals surface area contributed by atoms with Crippen LogP contribution in [0.1, 0.15) is 25.8 Å². The number of carbonyl (C=O) groups is 1. The number of amides is 1. The number of para-hydroxylation sites is 1. The topological polar surface area (TPSA) is 66.5 Å². The maximum Gasteiger partial charge on any atom is 0.516 e. The van der Waals surface area contributed by atoms with E-state index in [0.29, 0.717) is 18.5 Å². The van der Waals surface area contributed by atoms with Gasteiger partial charge in [0.05, 0.1) is 5.69 Å². The Bertz CT molecular complexity index is 714. The van der Waals surface area contributed by atoms with Crippen molar-refractivity contribution >= 4 is 21.6 Å². The Kier molecular flexibility index (Phi) is 4.36. The third kappa shape index (κ3) is 3.60. The Morgan fingerprint density at radius 3 is 2.39 bits per heavy atom. The minimum Gasteiger partial charge on any atom is -0.338 e. The summed E-state index contributed by atoms with van der Waals surface area (Å²) in [7, 11) is -5.50. The minimum absolute atomic E-state index is 0.0544. The van der Waals surface area contributed by atoms with E-state index in [2.05, 4.69) is 0 Å². The van der Waals surface area contributed by atoms with Gasteiger partial charge in [-0.15, -0.1) is 0 Å². The van der Waals surface area contributed by atoms with Gasteiger partial charge in [-0.25, -0.2) is 0 Å². The molecule has 1 amide bonds. The van der Waals surface area contributed by atoms with Crippen molar-refractivity contribution in [2.75, 3.05) is 11.3 Å². The van der Waals surface area contributed by atoms with Crippen LogP contribution in [0.5, 0.6) is 0 Å². The molecule has 5 nitrogen and oxygen atoms in total. The lowest BCUT2D eigenvalue weighted by atomic mass is 9.92. The average molecular weight is 350 g/mol. The zero-order chi connectivity index (χ0) is 17.5. The molecule has 0 aromatic heterocycles. The lowest BCUT2D eigenvalue weighted by molar-refractivity contribution is -0.135. The van der Waals surface area contributed by atoms with Gasteiger partial charge >= 0.3 is 15.5 Å². The Morgan fingerprint density at radius 2 is 1.87 bits per heavy atom. The first kappa shape index (κ1) is 17.6. The number of rotatable bonds is 4. The fourth-order valence-electron chi connectivity index (χ4n) is 2.37. The van der Waals surface area contributed by atoms with E-state index >= 15 is 0 Å². The lowest BCUT2D eigenvalue weighted by Crippen LogP contribution is -2.32. The summed E-state index contributed by atoms with van der Waals surface area (Å²) >= 11 is 0.